The third kappa shape index (κ3) is 4.19. The summed E-state index contributed by atoms with van der Waals surface area (Å²) in [5.74, 6) is -0.333. The summed E-state index contributed by atoms with van der Waals surface area (Å²) in [6.45, 7) is 2.34. The Labute approximate surface area is 183 Å². The third-order valence-electron chi connectivity index (χ3n) is 4.78. The number of aromatic nitrogens is 2. The Kier molecular flexibility index (Phi) is 5.79. The van der Waals surface area contributed by atoms with Crippen LogP contribution in [0.15, 0.2) is 65.3 Å². The van der Waals surface area contributed by atoms with E-state index in [4.69, 9.17) is 9.84 Å². The number of nitrogens with zero attached hydrogens (tertiary/aromatic N) is 2. The van der Waals surface area contributed by atoms with Gasteiger partial charge in [-0.25, -0.2) is 3.97 Å². The molecule has 1 N–H and O–H groups in total. The van der Waals surface area contributed by atoms with Crippen LogP contribution >= 0.6 is 11.3 Å². The lowest BCUT2D eigenvalue weighted by atomic mass is 10.1. The maximum Gasteiger partial charge on any atom is 0.303 e. The lowest BCUT2D eigenvalue weighted by Gasteiger charge is -2.07. The highest BCUT2D eigenvalue weighted by Gasteiger charge is 2.24. The highest BCUT2D eigenvalue weighted by molar-refractivity contribution is 7.92. The van der Waals surface area contributed by atoms with Crippen LogP contribution in [0.25, 0.3) is 21.3 Å². The van der Waals surface area contributed by atoms with Gasteiger partial charge in [0.2, 0.25) is 0 Å². The molecule has 0 bridgehead atoms. The Balaban J connectivity index is 1.80. The van der Waals surface area contributed by atoms with Crippen molar-refractivity contribution in [2.24, 2.45) is 0 Å². The highest BCUT2D eigenvalue weighted by Crippen LogP contribution is 2.34. The summed E-state index contributed by atoms with van der Waals surface area (Å²) in [6, 6.07) is 12.2. The van der Waals surface area contributed by atoms with Gasteiger partial charge < -0.3 is 9.84 Å². The highest BCUT2D eigenvalue weighted by atomic mass is 32.2. The molecule has 0 atom stereocenters. The van der Waals surface area contributed by atoms with E-state index < -0.39 is 16.0 Å². The van der Waals surface area contributed by atoms with E-state index in [0.717, 1.165) is 10.4 Å². The number of carboxylic acid groups (broad SMARTS) is 1. The fourth-order valence-corrected chi connectivity index (χ4v) is 6.14. The molecule has 0 unspecified atom stereocenters. The zero-order valence-corrected chi connectivity index (χ0v) is 18.3. The molecule has 4 rings (SSSR count). The van der Waals surface area contributed by atoms with Gasteiger partial charge in [0.1, 0.15) is 9.96 Å². The standard InChI is InChI=1S/C22H20N2O5S2/c1-2-29-17-6-7-19-18(12-17)16(5-9-21(25)26)14-24(19)31(27,28)22-10-8-20(30-22)15-4-3-11-23-13-15/h3-4,6-8,10-14H,2,5,9H2,1H3,(H,25,26). The number of rotatable bonds is 8. The van der Waals surface area contributed by atoms with E-state index in [-0.39, 0.29) is 17.1 Å². The lowest BCUT2D eigenvalue weighted by molar-refractivity contribution is -0.136. The largest absolute Gasteiger partial charge is 0.494 e. The van der Waals surface area contributed by atoms with Crippen molar-refractivity contribution in [2.75, 3.05) is 6.61 Å². The molecule has 1 aromatic carbocycles. The predicted octanol–water partition coefficient (Wildman–Crippen LogP) is 4.42. The number of hydrogen-bond acceptors (Lipinski definition) is 6. The van der Waals surface area contributed by atoms with Crippen molar-refractivity contribution in [1.29, 1.82) is 0 Å². The molecule has 9 heteroatoms. The van der Waals surface area contributed by atoms with Crippen LogP contribution in [0, 0.1) is 0 Å². The summed E-state index contributed by atoms with van der Waals surface area (Å²) in [5.41, 5.74) is 1.97. The minimum Gasteiger partial charge on any atom is -0.494 e. The monoisotopic (exact) mass is 456 g/mol. The summed E-state index contributed by atoms with van der Waals surface area (Å²) < 4.78 is 33.9. The molecule has 0 aliphatic rings. The van der Waals surface area contributed by atoms with Crippen molar-refractivity contribution >= 4 is 38.2 Å². The minimum atomic E-state index is -3.87. The SMILES string of the molecule is CCOc1ccc2c(c1)c(CCC(=O)O)cn2S(=O)(=O)c1ccc(-c2cccnc2)s1. The molecule has 4 aromatic rings. The van der Waals surface area contributed by atoms with Gasteiger partial charge in [-0.2, -0.15) is 8.42 Å². The molecule has 0 aliphatic carbocycles. The van der Waals surface area contributed by atoms with Crippen molar-refractivity contribution in [2.45, 2.75) is 24.0 Å². The number of thiophene rings is 1. The first kappa shape index (κ1) is 21.1. The van der Waals surface area contributed by atoms with Crippen molar-refractivity contribution < 1.29 is 23.1 Å². The van der Waals surface area contributed by atoms with Gasteiger partial charge >= 0.3 is 5.97 Å². The topological polar surface area (TPSA) is 98.5 Å². The molecule has 31 heavy (non-hydrogen) atoms. The van der Waals surface area contributed by atoms with Crippen molar-refractivity contribution in [1.82, 2.24) is 8.96 Å². The number of benzene rings is 1. The molecule has 0 amide bonds. The number of carbonyl (C=O) groups is 1. The van der Waals surface area contributed by atoms with Gasteiger partial charge in [-0.3, -0.25) is 9.78 Å². The van der Waals surface area contributed by atoms with Crippen LogP contribution in [0.2, 0.25) is 0 Å². The van der Waals surface area contributed by atoms with E-state index in [9.17, 15) is 13.2 Å². The summed E-state index contributed by atoms with van der Waals surface area (Å²) in [5, 5.41) is 9.75. The predicted molar refractivity (Wildman–Crippen MR) is 119 cm³/mol. The Morgan fingerprint density at radius 3 is 2.77 bits per heavy atom. The quantitative estimate of drug-likeness (QED) is 0.421. The molecule has 0 saturated carbocycles. The Hall–Kier alpha value is -3.17. The van der Waals surface area contributed by atoms with Crippen LogP contribution in [-0.4, -0.2) is 35.1 Å². The maximum absolute atomic E-state index is 13.5. The van der Waals surface area contributed by atoms with Gasteiger partial charge in [0.05, 0.1) is 12.1 Å². The summed E-state index contributed by atoms with van der Waals surface area (Å²) >= 11 is 1.17. The van der Waals surface area contributed by atoms with E-state index in [1.54, 1.807) is 48.8 Å². The average Bonchev–Trinajstić information content (AvgIpc) is 3.39. The van der Waals surface area contributed by atoms with Crippen LogP contribution in [0.4, 0.5) is 0 Å². The van der Waals surface area contributed by atoms with Gasteiger partial charge in [-0.05, 0) is 55.3 Å². The first-order chi connectivity index (χ1) is 14.9. The van der Waals surface area contributed by atoms with Gasteiger partial charge in [-0.15, -0.1) is 11.3 Å². The first-order valence-corrected chi connectivity index (χ1v) is 11.9. The second-order valence-electron chi connectivity index (χ2n) is 6.82. The van der Waals surface area contributed by atoms with Crippen LogP contribution in [-0.2, 0) is 21.2 Å². The molecule has 7 nitrogen and oxygen atoms in total. The molecular weight excluding hydrogens is 436 g/mol. The van der Waals surface area contributed by atoms with E-state index >= 15 is 0 Å². The zero-order chi connectivity index (χ0) is 22.0. The molecule has 0 radical (unpaired) electrons. The van der Waals surface area contributed by atoms with Crippen LogP contribution in [0.1, 0.15) is 18.9 Å². The Bertz CT molecular complexity index is 1340. The average molecular weight is 457 g/mol. The number of aryl methyl sites for hydroxylation is 1. The van der Waals surface area contributed by atoms with Crippen molar-refractivity contribution in [3.8, 4) is 16.2 Å². The molecular formula is C22H20N2O5S2. The molecule has 0 spiro atoms. The molecule has 0 aliphatic heterocycles. The number of ether oxygens (including phenoxy) is 1. The molecule has 160 valence electrons. The second-order valence-corrected chi connectivity index (χ2v) is 9.95. The van der Waals surface area contributed by atoms with Crippen molar-refractivity contribution in [3.05, 3.63) is 66.6 Å². The number of fused-ring (bicyclic) bond motifs is 1. The van der Waals surface area contributed by atoms with Gasteiger partial charge in [0.25, 0.3) is 10.0 Å². The fraction of sp³-hybridized carbons (Fsp3) is 0.182. The second kappa shape index (κ2) is 8.52. The number of pyridine rings is 1. The molecule has 0 fully saturated rings. The minimum absolute atomic E-state index is 0.0951. The van der Waals surface area contributed by atoms with E-state index in [2.05, 4.69) is 4.98 Å². The van der Waals surface area contributed by atoms with Gasteiger partial charge in [0.15, 0.2) is 0 Å². The molecule has 3 aromatic heterocycles. The number of aliphatic carboxylic acids is 1. The smallest absolute Gasteiger partial charge is 0.303 e. The molecule has 3 heterocycles. The van der Waals surface area contributed by atoms with Crippen LogP contribution in [0.5, 0.6) is 5.75 Å². The summed E-state index contributed by atoms with van der Waals surface area (Å²) in [6.07, 6.45) is 4.99. The fourth-order valence-electron chi connectivity index (χ4n) is 3.36. The van der Waals surface area contributed by atoms with E-state index in [1.807, 2.05) is 13.0 Å². The summed E-state index contributed by atoms with van der Waals surface area (Å²) in [4.78, 5) is 16.0. The Morgan fingerprint density at radius 1 is 1.23 bits per heavy atom. The van der Waals surface area contributed by atoms with Gasteiger partial charge in [-0.1, -0.05) is 6.07 Å². The lowest BCUT2D eigenvalue weighted by Crippen LogP contribution is -2.10. The summed E-state index contributed by atoms with van der Waals surface area (Å²) in [7, 11) is -3.87. The normalized spacial score (nSPS) is 11.6. The molecule has 0 saturated heterocycles. The Morgan fingerprint density at radius 2 is 2.06 bits per heavy atom. The third-order valence-corrected chi connectivity index (χ3v) is 8.06. The van der Waals surface area contributed by atoms with Crippen LogP contribution in [0.3, 0.4) is 0 Å². The van der Waals surface area contributed by atoms with Crippen LogP contribution < -0.4 is 4.74 Å². The number of carboxylic acids is 1. The zero-order valence-electron chi connectivity index (χ0n) is 16.7. The van der Waals surface area contributed by atoms with Crippen molar-refractivity contribution in [3.63, 3.8) is 0 Å². The van der Waals surface area contributed by atoms with Gasteiger partial charge in [0, 0.05) is 40.8 Å². The maximum atomic E-state index is 13.5. The van der Waals surface area contributed by atoms with E-state index in [0.29, 0.717) is 28.8 Å². The number of hydrogen-bond donors (Lipinski definition) is 1. The first-order valence-electron chi connectivity index (χ1n) is 9.64. The van der Waals surface area contributed by atoms with E-state index in [1.165, 1.54) is 21.5 Å².